The van der Waals surface area contributed by atoms with Gasteiger partial charge in [-0.1, -0.05) is 29.3 Å². The quantitative estimate of drug-likeness (QED) is 0.441. The molecule has 1 aliphatic heterocycles. The first-order valence-corrected chi connectivity index (χ1v) is 10.9. The zero-order valence-corrected chi connectivity index (χ0v) is 18.7. The number of nitrogens with zero attached hydrogens (tertiary/aromatic N) is 4. The normalized spacial score (nSPS) is 16.8. The minimum atomic E-state index is 0.209. The summed E-state index contributed by atoms with van der Waals surface area (Å²) >= 11 is 12.8. The number of H-pyrrole nitrogens is 1. The summed E-state index contributed by atoms with van der Waals surface area (Å²) in [7, 11) is 0. The fourth-order valence-corrected chi connectivity index (χ4v) is 4.62. The van der Waals surface area contributed by atoms with E-state index < -0.39 is 0 Å². The Labute approximate surface area is 190 Å². The highest BCUT2D eigenvalue weighted by atomic mass is 35.5. The summed E-state index contributed by atoms with van der Waals surface area (Å²) in [5, 5.41) is 9.33. The third-order valence-electron chi connectivity index (χ3n) is 5.65. The Morgan fingerprint density at radius 2 is 2.03 bits per heavy atom. The zero-order chi connectivity index (χ0) is 21.5. The number of benzene rings is 1. The largest absolute Gasteiger partial charge is 0.377 e. The fraction of sp³-hybridized carbons (Fsp3) is 0.261. The number of fused-ring (bicyclic) bond motifs is 1. The van der Waals surface area contributed by atoms with Gasteiger partial charge in [0.2, 0.25) is 0 Å². The van der Waals surface area contributed by atoms with E-state index in [0.29, 0.717) is 23.3 Å². The Kier molecular flexibility index (Phi) is 5.30. The minimum absolute atomic E-state index is 0.209. The summed E-state index contributed by atoms with van der Waals surface area (Å²) in [4.78, 5) is 12.1. The molecule has 1 N–H and O–H groups in total. The lowest BCUT2D eigenvalue weighted by Gasteiger charge is -2.34. The highest BCUT2D eigenvalue weighted by Gasteiger charge is 2.24. The Morgan fingerprint density at radius 3 is 2.77 bits per heavy atom. The number of morpholine rings is 1. The highest BCUT2D eigenvalue weighted by molar-refractivity contribution is 6.36. The van der Waals surface area contributed by atoms with Gasteiger partial charge in [-0.25, -0.2) is 4.98 Å². The molecule has 6 nitrogen and oxygen atoms in total. The van der Waals surface area contributed by atoms with Crippen LogP contribution in [0.3, 0.4) is 0 Å². The third-order valence-corrected chi connectivity index (χ3v) is 6.20. The van der Waals surface area contributed by atoms with E-state index in [1.54, 1.807) is 12.3 Å². The molecule has 0 spiro atoms. The van der Waals surface area contributed by atoms with Crippen molar-refractivity contribution in [3.05, 3.63) is 58.3 Å². The summed E-state index contributed by atoms with van der Waals surface area (Å²) in [6.45, 7) is 6.28. The number of nitrogens with one attached hydrogen (secondary N) is 1. The van der Waals surface area contributed by atoms with Gasteiger partial charge in [0.15, 0.2) is 0 Å². The maximum Gasteiger partial charge on any atom is 0.130 e. The van der Waals surface area contributed by atoms with Crippen molar-refractivity contribution in [2.24, 2.45) is 0 Å². The lowest BCUT2D eigenvalue weighted by molar-refractivity contribution is 0.0986. The highest BCUT2D eigenvalue weighted by Crippen LogP contribution is 2.40. The van der Waals surface area contributed by atoms with Crippen molar-refractivity contribution < 1.29 is 4.74 Å². The van der Waals surface area contributed by atoms with E-state index in [1.165, 1.54) is 0 Å². The minimum Gasteiger partial charge on any atom is -0.377 e. The van der Waals surface area contributed by atoms with Crippen molar-refractivity contribution in [3.63, 3.8) is 0 Å². The van der Waals surface area contributed by atoms with Crippen molar-refractivity contribution in [2.45, 2.75) is 19.9 Å². The molecule has 3 aromatic heterocycles. The first-order chi connectivity index (χ1) is 15.0. The number of hydrogen-bond acceptors (Lipinski definition) is 5. The van der Waals surface area contributed by atoms with E-state index in [-0.39, 0.29) is 6.04 Å². The number of anilines is 1. The van der Waals surface area contributed by atoms with Crippen molar-refractivity contribution in [2.75, 3.05) is 24.7 Å². The van der Waals surface area contributed by atoms with Gasteiger partial charge in [-0.3, -0.25) is 10.1 Å². The molecular weight excluding hydrogens is 433 g/mol. The molecule has 0 amide bonds. The number of hydrogen-bond donors (Lipinski definition) is 1. The molecule has 31 heavy (non-hydrogen) atoms. The van der Waals surface area contributed by atoms with E-state index in [0.717, 1.165) is 51.3 Å². The standard InChI is InChI=1S/C23H21Cl2N5O/c1-13-11-26-22(19-5-6-27-29-19)23-21(13)17(16-4-3-15(24)9-18(16)25)10-20(28-23)30-7-8-31-12-14(30)2/h3-6,9-11,14H,7-8,12H2,1-2H3,(H,27,29)/t14-/m1/s1. The van der Waals surface area contributed by atoms with Crippen molar-refractivity contribution in [1.82, 2.24) is 20.2 Å². The van der Waals surface area contributed by atoms with Crippen LogP contribution in [0.25, 0.3) is 33.4 Å². The number of aromatic nitrogens is 4. The van der Waals surface area contributed by atoms with E-state index in [4.69, 9.17) is 37.9 Å². The first-order valence-electron chi connectivity index (χ1n) is 10.1. The summed E-state index contributed by atoms with van der Waals surface area (Å²) < 4.78 is 5.64. The van der Waals surface area contributed by atoms with Gasteiger partial charge in [0.25, 0.3) is 0 Å². The van der Waals surface area contributed by atoms with Crippen LogP contribution >= 0.6 is 23.2 Å². The molecular formula is C23H21Cl2N5O. The van der Waals surface area contributed by atoms with Crippen LogP contribution in [-0.2, 0) is 4.74 Å². The van der Waals surface area contributed by atoms with E-state index >= 15 is 0 Å². The molecule has 1 aliphatic rings. The molecule has 1 aromatic carbocycles. The summed E-state index contributed by atoms with van der Waals surface area (Å²) in [5.74, 6) is 0.873. The van der Waals surface area contributed by atoms with E-state index in [2.05, 4.69) is 28.1 Å². The van der Waals surface area contributed by atoms with Crippen LogP contribution in [-0.4, -0.2) is 46.0 Å². The number of aryl methyl sites for hydroxylation is 1. The molecule has 0 radical (unpaired) electrons. The Balaban J connectivity index is 1.84. The molecule has 4 aromatic rings. The Bertz CT molecular complexity index is 1260. The molecule has 0 unspecified atom stereocenters. The van der Waals surface area contributed by atoms with Crippen molar-refractivity contribution in [1.29, 1.82) is 0 Å². The second kappa shape index (κ2) is 8.11. The predicted molar refractivity (Wildman–Crippen MR) is 125 cm³/mol. The lowest BCUT2D eigenvalue weighted by atomic mass is 9.97. The Morgan fingerprint density at radius 1 is 1.16 bits per heavy atom. The maximum atomic E-state index is 6.65. The number of halogens is 2. The van der Waals surface area contributed by atoms with Crippen LogP contribution in [0.2, 0.25) is 10.0 Å². The van der Waals surface area contributed by atoms with Crippen LogP contribution in [0.1, 0.15) is 12.5 Å². The maximum absolute atomic E-state index is 6.65. The van der Waals surface area contributed by atoms with Crippen LogP contribution < -0.4 is 4.90 Å². The van der Waals surface area contributed by atoms with Crippen LogP contribution in [0.5, 0.6) is 0 Å². The van der Waals surface area contributed by atoms with Gasteiger partial charge in [-0.05, 0) is 49.2 Å². The molecule has 0 bridgehead atoms. The molecule has 1 fully saturated rings. The zero-order valence-electron chi connectivity index (χ0n) is 17.2. The molecule has 0 aliphatic carbocycles. The predicted octanol–water partition coefficient (Wildman–Crippen LogP) is 5.53. The number of pyridine rings is 2. The smallest absolute Gasteiger partial charge is 0.130 e. The molecule has 5 rings (SSSR count). The third kappa shape index (κ3) is 3.65. The van der Waals surface area contributed by atoms with Gasteiger partial charge in [0, 0.05) is 39.9 Å². The molecule has 4 heterocycles. The fourth-order valence-electron chi connectivity index (χ4n) is 4.11. The monoisotopic (exact) mass is 453 g/mol. The number of rotatable bonds is 3. The average molecular weight is 454 g/mol. The Hall–Kier alpha value is -2.67. The summed E-state index contributed by atoms with van der Waals surface area (Å²) in [5.41, 5.74) is 5.31. The van der Waals surface area contributed by atoms with Crippen LogP contribution in [0.4, 0.5) is 5.82 Å². The van der Waals surface area contributed by atoms with Crippen LogP contribution in [0, 0.1) is 6.92 Å². The molecule has 1 saturated heterocycles. The van der Waals surface area contributed by atoms with Crippen molar-refractivity contribution >= 4 is 39.9 Å². The van der Waals surface area contributed by atoms with Gasteiger partial charge < -0.3 is 9.64 Å². The number of aromatic amines is 1. The van der Waals surface area contributed by atoms with E-state index in [1.807, 2.05) is 31.3 Å². The van der Waals surface area contributed by atoms with Crippen molar-refractivity contribution in [3.8, 4) is 22.5 Å². The summed E-state index contributed by atoms with van der Waals surface area (Å²) in [6, 6.07) is 9.81. The van der Waals surface area contributed by atoms with Crippen LogP contribution in [0.15, 0.2) is 42.7 Å². The van der Waals surface area contributed by atoms with E-state index in [9.17, 15) is 0 Å². The topological polar surface area (TPSA) is 66.9 Å². The van der Waals surface area contributed by atoms with Gasteiger partial charge in [-0.2, -0.15) is 5.10 Å². The van der Waals surface area contributed by atoms with Gasteiger partial charge in [0.1, 0.15) is 17.0 Å². The average Bonchev–Trinajstić information content (AvgIpc) is 3.28. The molecule has 0 saturated carbocycles. The molecule has 8 heteroatoms. The molecule has 158 valence electrons. The second-order valence-corrected chi connectivity index (χ2v) is 8.60. The van der Waals surface area contributed by atoms with Gasteiger partial charge in [0.05, 0.1) is 24.9 Å². The first kappa shape index (κ1) is 20.2. The van der Waals surface area contributed by atoms with Gasteiger partial charge in [-0.15, -0.1) is 0 Å². The second-order valence-electron chi connectivity index (χ2n) is 7.75. The number of ether oxygens (including phenoxy) is 1. The van der Waals surface area contributed by atoms with Gasteiger partial charge >= 0.3 is 0 Å². The summed E-state index contributed by atoms with van der Waals surface area (Å²) in [6.07, 6.45) is 3.58. The lowest BCUT2D eigenvalue weighted by Crippen LogP contribution is -2.44. The molecule has 1 atom stereocenters. The SMILES string of the molecule is Cc1cnc(-c2ccn[nH]2)c2nc(N3CCOC[C@H]3C)cc(-c3ccc(Cl)cc3Cl)c12.